The Morgan fingerprint density at radius 1 is 1.12 bits per heavy atom. The number of rotatable bonds is 8. The first-order chi connectivity index (χ1) is 15.2. The van der Waals surface area contributed by atoms with E-state index < -0.39 is 15.9 Å². The third-order valence-electron chi connectivity index (χ3n) is 5.56. The highest BCUT2D eigenvalue weighted by Crippen LogP contribution is 2.32. The van der Waals surface area contributed by atoms with Gasteiger partial charge in [0.25, 0.3) is 0 Å². The predicted octanol–water partition coefficient (Wildman–Crippen LogP) is 4.51. The number of Topliss-reactive ketones (excluding diaryl/α,β-unsaturated/α-hetero) is 1. The Kier molecular flexibility index (Phi) is 7.92. The SMILES string of the molecule is COc1ccc(S(=O)(=O)N(CC(=O)Nc2cccc(C(C)=O)c2)C2CCCCC2)cc1Cl. The molecule has 2 aromatic carbocycles. The molecule has 7 nitrogen and oxygen atoms in total. The van der Waals surface area contributed by atoms with Gasteiger partial charge >= 0.3 is 0 Å². The molecule has 172 valence electrons. The third kappa shape index (κ3) is 5.68. The molecule has 0 atom stereocenters. The molecule has 9 heteroatoms. The van der Waals surface area contributed by atoms with Gasteiger partial charge in [-0.2, -0.15) is 4.31 Å². The summed E-state index contributed by atoms with van der Waals surface area (Å²) >= 11 is 6.16. The fraction of sp³-hybridized carbons (Fsp3) is 0.391. The summed E-state index contributed by atoms with van der Waals surface area (Å²) in [5, 5.41) is 2.90. The Morgan fingerprint density at radius 3 is 2.47 bits per heavy atom. The zero-order valence-electron chi connectivity index (χ0n) is 18.1. The first kappa shape index (κ1) is 24.2. The molecule has 0 aromatic heterocycles. The number of nitrogens with zero attached hydrogens (tertiary/aromatic N) is 1. The smallest absolute Gasteiger partial charge is 0.243 e. The molecule has 0 heterocycles. The maximum Gasteiger partial charge on any atom is 0.243 e. The monoisotopic (exact) mass is 478 g/mol. The van der Waals surface area contributed by atoms with Crippen LogP contribution in [-0.2, 0) is 14.8 Å². The van der Waals surface area contributed by atoms with Crippen molar-refractivity contribution in [1.29, 1.82) is 0 Å². The number of hydrogen-bond donors (Lipinski definition) is 1. The molecule has 2 aromatic rings. The summed E-state index contributed by atoms with van der Waals surface area (Å²) in [5.41, 5.74) is 0.906. The molecule has 1 amide bonds. The number of methoxy groups -OCH3 is 1. The molecule has 0 radical (unpaired) electrons. The van der Waals surface area contributed by atoms with Crippen LogP contribution in [0.25, 0.3) is 0 Å². The standard InChI is InChI=1S/C23H27ClN2O5S/c1-16(27)17-7-6-8-18(13-17)25-23(28)15-26(19-9-4-3-5-10-19)32(29,30)20-11-12-22(31-2)21(24)14-20/h6-8,11-14,19H,3-5,9-10,15H2,1-2H3,(H,25,28). The van der Waals surface area contributed by atoms with Crippen LogP contribution in [0.5, 0.6) is 5.75 Å². The maximum atomic E-state index is 13.5. The first-order valence-electron chi connectivity index (χ1n) is 10.5. The minimum Gasteiger partial charge on any atom is -0.495 e. The minimum absolute atomic E-state index is 0.0141. The number of ketones is 1. The highest BCUT2D eigenvalue weighted by Gasteiger charge is 2.34. The number of carbonyl (C=O) groups excluding carboxylic acids is 2. The van der Waals surface area contributed by atoms with Gasteiger partial charge in [-0.25, -0.2) is 8.42 Å². The number of ether oxygens (including phenoxy) is 1. The van der Waals surface area contributed by atoms with E-state index in [4.69, 9.17) is 16.3 Å². The molecular weight excluding hydrogens is 452 g/mol. The van der Waals surface area contributed by atoms with Crippen LogP contribution in [0.4, 0.5) is 5.69 Å². The van der Waals surface area contributed by atoms with Crippen molar-refractivity contribution in [2.45, 2.75) is 50.0 Å². The van der Waals surface area contributed by atoms with Crippen LogP contribution in [0.3, 0.4) is 0 Å². The molecule has 1 aliphatic carbocycles. The summed E-state index contributed by atoms with van der Waals surface area (Å²) in [6.07, 6.45) is 4.24. The van der Waals surface area contributed by atoms with Gasteiger partial charge in [0.2, 0.25) is 15.9 Å². The second kappa shape index (κ2) is 10.5. The van der Waals surface area contributed by atoms with E-state index in [0.29, 0.717) is 29.8 Å². The number of sulfonamides is 1. The summed E-state index contributed by atoms with van der Waals surface area (Å²) < 4.78 is 33.4. The average molecular weight is 479 g/mol. The zero-order valence-corrected chi connectivity index (χ0v) is 19.7. The second-order valence-electron chi connectivity index (χ2n) is 7.82. The van der Waals surface area contributed by atoms with Gasteiger partial charge in [0, 0.05) is 17.3 Å². The van der Waals surface area contributed by atoms with Crippen LogP contribution in [-0.4, -0.2) is 44.1 Å². The molecule has 0 spiro atoms. The second-order valence-corrected chi connectivity index (χ2v) is 10.1. The van der Waals surface area contributed by atoms with Crippen LogP contribution >= 0.6 is 11.6 Å². The molecule has 32 heavy (non-hydrogen) atoms. The maximum absolute atomic E-state index is 13.5. The van der Waals surface area contributed by atoms with Gasteiger partial charge in [-0.1, -0.05) is 43.0 Å². The van der Waals surface area contributed by atoms with Crippen molar-refractivity contribution in [2.24, 2.45) is 0 Å². The lowest BCUT2D eigenvalue weighted by molar-refractivity contribution is -0.116. The summed E-state index contributed by atoms with van der Waals surface area (Å²) in [5.74, 6) is -0.221. The zero-order chi connectivity index (χ0) is 23.3. The number of nitrogens with one attached hydrogen (secondary N) is 1. The van der Waals surface area contributed by atoms with E-state index in [-0.39, 0.29) is 28.3 Å². The van der Waals surface area contributed by atoms with E-state index in [0.717, 1.165) is 19.3 Å². The van der Waals surface area contributed by atoms with Crippen LogP contribution in [0.15, 0.2) is 47.4 Å². The van der Waals surface area contributed by atoms with Gasteiger partial charge in [0.15, 0.2) is 5.78 Å². The van der Waals surface area contributed by atoms with Crippen molar-refractivity contribution in [3.63, 3.8) is 0 Å². The number of carbonyl (C=O) groups is 2. The quantitative estimate of drug-likeness (QED) is 0.563. The lowest BCUT2D eigenvalue weighted by Gasteiger charge is -2.33. The summed E-state index contributed by atoms with van der Waals surface area (Å²) in [7, 11) is -2.53. The van der Waals surface area contributed by atoms with Crippen molar-refractivity contribution in [1.82, 2.24) is 4.31 Å². The molecule has 0 aliphatic heterocycles. The van der Waals surface area contributed by atoms with Crippen molar-refractivity contribution < 1.29 is 22.7 Å². The topological polar surface area (TPSA) is 92.8 Å². The van der Waals surface area contributed by atoms with Gasteiger partial charge in [0.05, 0.1) is 23.6 Å². The lowest BCUT2D eigenvalue weighted by Crippen LogP contribution is -2.45. The molecule has 0 saturated heterocycles. The van der Waals surface area contributed by atoms with E-state index in [1.165, 1.54) is 36.5 Å². The van der Waals surface area contributed by atoms with Crippen LogP contribution in [0, 0.1) is 0 Å². The normalized spacial score (nSPS) is 14.9. The Morgan fingerprint density at radius 2 is 1.84 bits per heavy atom. The molecule has 0 unspecified atom stereocenters. The van der Waals surface area contributed by atoms with Crippen LogP contribution in [0.2, 0.25) is 5.02 Å². The Balaban J connectivity index is 1.87. The van der Waals surface area contributed by atoms with E-state index >= 15 is 0 Å². The van der Waals surface area contributed by atoms with Gasteiger partial charge in [-0.15, -0.1) is 0 Å². The van der Waals surface area contributed by atoms with Gasteiger partial charge < -0.3 is 10.1 Å². The van der Waals surface area contributed by atoms with Crippen LogP contribution < -0.4 is 10.1 Å². The minimum atomic E-state index is -3.98. The Bertz CT molecular complexity index is 1100. The molecule has 1 fully saturated rings. The fourth-order valence-corrected chi connectivity index (χ4v) is 5.87. The highest BCUT2D eigenvalue weighted by molar-refractivity contribution is 7.89. The average Bonchev–Trinajstić information content (AvgIpc) is 2.78. The summed E-state index contributed by atoms with van der Waals surface area (Å²) in [6.45, 7) is 1.11. The molecular formula is C23H27ClN2O5S. The van der Waals surface area contributed by atoms with Crippen molar-refractivity contribution in [3.8, 4) is 5.75 Å². The molecule has 1 aliphatic rings. The number of halogens is 1. The third-order valence-corrected chi connectivity index (χ3v) is 7.75. The molecule has 1 saturated carbocycles. The largest absolute Gasteiger partial charge is 0.495 e. The molecule has 1 N–H and O–H groups in total. The lowest BCUT2D eigenvalue weighted by atomic mass is 9.95. The first-order valence-corrected chi connectivity index (χ1v) is 12.3. The Labute approximate surface area is 193 Å². The van der Waals surface area contributed by atoms with Gasteiger partial charge in [0.1, 0.15) is 5.75 Å². The summed E-state index contributed by atoms with van der Waals surface area (Å²) in [6, 6.07) is 10.6. The van der Waals surface area contributed by atoms with E-state index in [9.17, 15) is 18.0 Å². The van der Waals surface area contributed by atoms with E-state index in [1.54, 1.807) is 24.3 Å². The Hall–Kier alpha value is -2.42. The van der Waals surface area contributed by atoms with E-state index in [1.807, 2.05) is 0 Å². The highest BCUT2D eigenvalue weighted by atomic mass is 35.5. The predicted molar refractivity (Wildman–Crippen MR) is 124 cm³/mol. The van der Waals surface area contributed by atoms with Crippen molar-refractivity contribution >= 4 is 39.0 Å². The van der Waals surface area contributed by atoms with Crippen molar-refractivity contribution in [3.05, 3.63) is 53.1 Å². The molecule has 3 rings (SSSR count). The number of amides is 1. The number of hydrogen-bond acceptors (Lipinski definition) is 5. The van der Waals surface area contributed by atoms with Gasteiger partial charge in [-0.05, 0) is 50.1 Å². The fourth-order valence-electron chi connectivity index (χ4n) is 3.88. The van der Waals surface area contributed by atoms with E-state index in [2.05, 4.69) is 5.32 Å². The molecule has 0 bridgehead atoms. The summed E-state index contributed by atoms with van der Waals surface area (Å²) in [4.78, 5) is 24.5. The van der Waals surface area contributed by atoms with Crippen LogP contribution in [0.1, 0.15) is 49.4 Å². The van der Waals surface area contributed by atoms with Gasteiger partial charge in [-0.3, -0.25) is 9.59 Å². The number of anilines is 1. The van der Waals surface area contributed by atoms with Crippen molar-refractivity contribution in [2.75, 3.05) is 19.0 Å². The number of benzene rings is 2.